The lowest BCUT2D eigenvalue weighted by Gasteiger charge is -2.13. The van der Waals surface area contributed by atoms with Crippen LogP contribution in [0.5, 0.6) is 0 Å². The number of halogens is 1. The summed E-state index contributed by atoms with van der Waals surface area (Å²) in [6, 6.07) is 4.72. The molecule has 0 saturated heterocycles. The second-order valence-corrected chi connectivity index (χ2v) is 4.01. The maximum atomic E-state index is 13.2. The van der Waals surface area contributed by atoms with Gasteiger partial charge in [-0.3, -0.25) is 0 Å². The fraction of sp³-hybridized carbons (Fsp3) is 0.286. The van der Waals surface area contributed by atoms with E-state index in [2.05, 4.69) is 5.32 Å². The molecule has 1 aromatic rings. The van der Waals surface area contributed by atoms with Gasteiger partial charge < -0.3 is 10.1 Å². The molecule has 0 amide bonds. The molecule has 1 heterocycles. The van der Waals surface area contributed by atoms with Crippen LogP contribution >= 0.6 is 0 Å². The van der Waals surface area contributed by atoms with Crippen LogP contribution in [0.4, 0.5) is 10.1 Å². The molecular formula is C14H16FNO. The Morgan fingerprint density at radius 1 is 1.35 bits per heavy atom. The molecule has 0 radical (unpaired) electrons. The summed E-state index contributed by atoms with van der Waals surface area (Å²) < 4.78 is 18.8. The molecule has 0 fully saturated rings. The molecule has 0 aromatic heterocycles. The molecule has 0 aliphatic carbocycles. The largest absolute Gasteiger partial charge is 0.381 e. The van der Waals surface area contributed by atoms with Crippen molar-refractivity contribution in [1.29, 1.82) is 0 Å². The number of benzene rings is 1. The molecular weight excluding hydrogens is 217 g/mol. The van der Waals surface area contributed by atoms with Crippen LogP contribution in [-0.2, 0) is 11.3 Å². The fourth-order valence-corrected chi connectivity index (χ4v) is 1.67. The highest BCUT2D eigenvalue weighted by atomic mass is 19.1. The highest BCUT2D eigenvalue weighted by molar-refractivity contribution is 5.51. The number of nitrogens with one attached hydrogen (secondary N) is 1. The number of fused-ring (bicyclic) bond motifs is 1. The summed E-state index contributed by atoms with van der Waals surface area (Å²) in [5.41, 5.74) is 1.77. The van der Waals surface area contributed by atoms with Crippen molar-refractivity contribution in [2.24, 2.45) is 0 Å². The van der Waals surface area contributed by atoms with Crippen molar-refractivity contribution in [3.63, 3.8) is 0 Å². The quantitative estimate of drug-likeness (QED) is 0.742. The van der Waals surface area contributed by atoms with Crippen LogP contribution in [-0.4, -0.2) is 12.6 Å². The molecule has 90 valence electrons. The second-order valence-electron chi connectivity index (χ2n) is 4.01. The van der Waals surface area contributed by atoms with Crippen LogP contribution in [0.3, 0.4) is 0 Å². The van der Waals surface area contributed by atoms with Crippen LogP contribution in [0.2, 0.25) is 0 Å². The van der Waals surface area contributed by atoms with E-state index in [1.165, 1.54) is 12.1 Å². The maximum Gasteiger partial charge on any atom is 0.123 e. The van der Waals surface area contributed by atoms with Gasteiger partial charge in [-0.15, -0.1) is 0 Å². The lowest BCUT2D eigenvalue weighted by atomic mass is 10.2. The zero-order valence-electron chi connectivity index (χ0n) is 9.82. The average Bonchev–Trinajstić information content (AvgIpc) is 2.35. The number of hydrogen-bond acceptors (Lipinski definition) is 2. The van der Waals surface area contributed by atoms with E-state index in [0.717, 1.165) is 17.8 Å². The summed E-state index contributed by atoms with van der Waals surface area (Å²) in [7, 11) is 0. The third-order valence-electron chi connectivity index (χ3n) is 2.61. The molecule has 1 atom stereocenters. The Morgan fingerprint density at radius 3 is 3.12 bits per heavy atom. The summed E-state index contributed by atoms with van der Waals surface area (Å²) in [5, 5.41) is 3.24. The predicted molar refractivity (Wildman–Crippen MR) is 67.4 cm³/mol. The van der Waals surface area contributed by atoms with Gasteiger partial charge in [0.2, 0.25) is 0 Å². The van der Waals surface area contributed by atoms with Gasteiger partial charge in [-0.25, -0.2) is 4.39 Å². The molecule has 1 aliphatic rings. The Balaban J connectivity index is 2.23. The van der Waals surface area contributed by atoms with E-state index in [-0.39, 0.29) is 11.9 Å². The van der Waals surface area contributed by atoms with Crippen LogP contribution in [0.1, 0.15) is 12.5 Å². The van der Waals surface area contributed by atoms with Crippen molar-refractivity contribution in [3.05, 3.63) is 53.9 Å². The Labute approximate surface area is 101 Å². The van der Waals surface area contributed by atoms with E-state index in [4.69, 9.17) is 4.74 Å². The normalized spacial score (nSPS) is 24.0. The van der Waals surface area contributed by atoms with E-state index in [1.807, 2.05) is 31.2 Å². The van der Waals surface area contributed by atoms with Crippen LogP contribution < -0.4 is 5.32 Å². The minimum Gasteiger partial charge on any atom is -0.381 e. The van der Waals surface area contributed by atoms with E-state index in [9.17, 15) is 4.39 Å². The standard InChI is InChI=1S/C14H16FNO/c1-11-5-3-2-4-8-16-14-7-6-13(15)9-12(14)10-17-11/h2-7,9,11,16H,8,10H2,1H3/b4-2-,5-3-. The van der Waals surface area contributed by atoms with Gasteiger partial charge in [-0.1, -0.05) is 24.3 Å². The fourth-order valence-electron chi connectivity index (χ4n) is 1.67. The third-order valence-corrected chi connectivity index (χ3v) is 2.61. The van der Waals surface area contributed by atoms with Crippen molar-refractivity contribution < 1.29 is 9.13 Å². The summed E-state index contributed by atoms with van der Waals surface area (Å²) >= 11 is 0. The van der Waals surface area contributed by atoms with Gasteiger partial charge in [0.1, 0.15) is 5.82 Å². The van der Waals surface area contributed by atoms with Gasteiger partial charge in [0.25, 0.3) is 0 Å². The zero-order chi connectivity index (χ0) is 12.1. The highest BCUT2D eigenvalue weighted by Crippen LogP contribution is 2.19. The maximum absolute atomic E-state index is 13.2. The Kier molecular flexibility index (Phi) is 3.94. The summed E-state index contributed by atoms with van der Waals surface area (Å²) in [4.78, 5) is 0. The summed E-state index contributed by atoms with van der Waals surface area (Å²) in [6.45, 7) is 3.09. The topological polar surface area (TPSA) is 21.3 Å². The van der Waals surface area contributed by atoms with Gasteiger partial charge in [0.15, 0.2) is 0 Å². The molecule has 2 nitrogen and oxygen atoms in total. The molecule has 1 unspecified atom stereocenters. The van der Waals surface area contributed by atoms with Gasteiger partial charge in [0, 0.05) is 17.8 Å². The predicted octanol–water partition coefficient (Wildman–Crippen LogP) is 3.27. The van der Waals surface area contributed by atoms with Crippen LogP contribution in [0.15, 0.2) is 42.5 Å². The van der Waals surface area contributed by atoms with Gasteiger partial charge in [-0.2, -0.15) is 0 Å². The van der Waals surface area contributed by atoms with Gasteiger partial charge in [-0.05, 0) is 25.1 Å². The van der Waals surface area contributed by atoms with Crippen molar-refractivity contribution >= 4 is 5.69 Å². The highest BCUT2D eigenvalue weighted by Gasteiger charge is 2.06. The molecule has 0 saturated carbocycles. The number of allylic oxidation sites excluding steroid dienone is 2. The first kappa shape index (κ1) is 11.9. The molecule has 1 aromatic carbocycles. The van der Waals surface area contributed by atoms with Crippen molar-refractivity contribution in [1.82, 2.24) is 0 Å². The molecule has 1 aliphatic heterocycles. The Morgan fingerprint density at radius 2 is 2.24 bits per heavy atom. The van der Waals surface area contributed by atoms with E-state index in [0.29, 0.717) is 6.61 Å². The molecule has 1 N–H and O–H groups in total. The number of anilines is 1. The van der Waals surface area contributed by atoms with E-state index < -0.39 is 0 Å². The molecule has 0 spiro atoms. The van der Waals surface area contributed by atoms with Crippen LogP contribution in [0.25, 0.3) is 0 Å². The monoisotopic (exact) mass is 233 g/mol. The minimum atomic E-state index is -0.234. The Hall–Kier alpha value is -1.61. The SMILES string of the molecule is CC1/C=C\C=C/CNc2ccc(F)cc2CO1. The van der Waals surface area contributed by atoms with Crippen molar-refractivity contribution in [2.45, 2.75) is 19.6 Å². The zero-order valence-corrected chi connectivity index (χ0v) is 9.82. The van der Waals surface area contributed by atoms with Crippen LogP contribution in [0, 0.1) is 5.82 Å². The first-order chi connectivity index (χ1) is 8.25. The first-order valence-electron chi connectivity index (χ1n) is 5.73. The molecule has 17 heavy (non-hydrogen) atoms. The van der Waals surface area contributed by atoms with Gasteiger partial charge in [0.05, 0.1) is 12.7 Å². The summed E-state index contributed by atoms with van der Waals surface area (Å²) in [6.07, 6.45) is 7.95. The van der Waals surface area contributed by atoms with Gasteiger partial charge >= 0.3 is 0 Å². The second kappa shape index (κ2) is 5.64. The minimum absolute atomic E-state index is 0.0221. The summed E-state index contributed by atoms with van der Waals surface area (Å²) in [5.74, 6) is -0.234. The first-order valence-corrected chi connectivity index (χ1v) is 5.73. The lowest BCUT2D eigenvalue weighted by molar-refractivity contribution is 0.0843. The van der Waals surface area contributed by atoms with E-state index in [1.54, 1.807) is 6.07 Å². The van der Waals surface area contributed by atoms with E-state index >= 15 is 0 Å². The smallest absolute Gasteiger partial charge is 0.123 e. The van der Waals surface area contributed by atoms with Crippen molar-refractivity contribution in [3.8, 4) is 0 Å². The number of rotatable bonds is 0. The molecule has 3 heteroatoms. The number of ether oxygens (including phenoxy) is 1. The van der Waals surface area contributed by atoms with Crippen molar-refractivity contribution in [2.75, 3.05) is 11.9 Å². The molecule has 0 bridgehead atoms. The average molecular weight is 233 g/mol. The Bertz CT molecular complexity index is 440. The lowest BCUT2D eigenvalue weighted by Crippen LogP contribution is -2.07. The number of hydrogen-bond donors (Lipinski definition) is 1. The molecule has 2 rings (SSSR count). The third kappa shape index (κ3) is 3.43.